The molecule has 1 aliphatic rings. The van der Waals surface area contributed by atoms with Crippen LogP contribution in [0.15, 0.2) is 18.2 Å². The van der Waals surface area contributed by atoms with Gasteiger partial charge < -0.3 is 15.4 Å². The van der Waals surface area contributed by atoms with Crippen LogP contribution in [0.25, 0.3) is 0 Å². The molecule has 0 aliphatic carbocycles. The number of anilines is 1. The molecule has 1 aromatic carbocycles. The van der Waals surface area contributed by atoms with Crippen molar-refractivity contribution in [3.63, 3.8) is 0 Å². The van der Waals surface area contributed by atoms with Crippen LogP contribution < -0.4 is 10.6 Å². The molecule has 0 spiro atoms. The van der Waals surface area contributed by atoms with Crippen LogP contribution >= 0.6 is 11.6 Å². The smallest absolute Gasteiger partial charge is 0.307 e. The lowest BCUT2D eigenvalue weighted by Gasteiger charge is -2.33. The molecule has 0 aromatic heterocycles. The summed E-state index contributed by atoms with van der Waals surface area (Å²) in [7, 11) is 1.22. The Morgan fingerprint density at radius 2 is 2.25 bits per heavy atom. The SMILES string of the molecule is COC(=O)C[C@H]1C(=O)NCCN1CC(=O)Nc1cc(Cl)ccc1F. The highest BCUT2D eigenvalue weighted by atomic mass is 35.5. The summed E-state index contributed by atoms with van der Waals surface area (Å²) >= 11 is 5.78. The number of nitrogens with zero attached hydrogens (tertiary/aromatic N) is 1. The van der Waals surface area contributed by atoms with Crippen LogP contribution in [-0.4, -0.2) is 55.5 Å². The number of carbonyl (C=O) groups is 3. The van der Waals surface area contributed by atoms with Gasteiger partial charge in [0.05, 0.1) is 25.8 Å². The molecule has 1 saturated heterocycles. The second kappa shape index (κ2) is 8.07. The zero-order valence-corrected chi connectivity index (χ0v) is 13.7. The second-order valence-electron chi connectivity index (χ2n) is 5.23. The fourth-order valence-electron chi connectivity index (χ4n) is 2.38. The van der Waals surface area contributed by atoms with E-state index in [2.05, 4.69) is 15.4 Å². The topological polar surface area (TPSA) is 87.7 Å². The van der Waals surface area contributed by atoms with Crippen LogP contribution in [0.5, 0.6) is 0 Å². The summed E-state index contributed by atoms with van der Waals surface area (Å²) in [6, 6.07) is 3.00. The molecule has 0 saturated carbocycles. The van der Waals surface area contributed by atoms with Gasteiger partial charge in [-0.2, -0.15) is 0 Å². The van der Waals surface area contributed by atoms with Gasteiger partial charge in [0.25, 0.3) is 0 Å². The third-order valence-corrected chi connectivity index (χ3v) is 3.81. The van der Waals surface area contributed by atoms with Crippen molar-refractivity contribution in [1.82, 2.24) is 10.2 Å². The van der Waals surface area contributed by atoms with Gasteiger partial charge in [-0.05, 0) is 18.2 Å². The van der Waals surface area contributed by atoms with Crippen LogP contribution in [0.2, 0.25) is 5.02 Å². The van der Waals surface area contributed by atoms with Crippen LogP contribution in [0.4, 0.5) is 10.1 Å². The highest BCUT2D eigenvalue weighted by molar-refractivity contribution is 6.30. The Labute approximate surface area is 143 Å². The van der Waals surface area contributed by atoms with Gasteiger partial charge in [0.2, 0.25) is 11.8 Å². The molecular weight excluding hydrogens is 341 g/mol. The van der Waals surface area contributed by atoms with Gasteiger partial charge in [-0.25, -0.2) is 4.39 Å². The van der Waals surface area contributed by atoms with E-state index >= 15 is 0 Å². The quantitative estimate of drug-likeness (QED) is 0.760. The molecule has 2 N–H and O–H groups in total. The highest BCUT2D eigenvalue weighted by Crippen LogP contribution is 2.19. The molecule has 1 aliphatic heterocycles. The first-order valence-electron chi connectivity index (χ1n) is 7.24. The Balaban J connectivity index is 2.03. The van der Waals surface area contributed by atoms with E-state index in [-0.39, 0.29) is 29.6 Å². The Bertz CT molecular complexity index is 656. The molecule has 0 bridgehead atoms. The first-order valence-corrected chi connectivity index (χ1v) is 7.62. The van der Waals surface area contributed by atoms with Crippen molar-refractivity contribution in [2.75, 3.05) is 32.1 Å². The number of rotatable bonds is 5. The van der Waals surface area contributed by atoms with E-state index in [1.165, 1.54) is 19.2 Å². The van der Waals surface area contributed by atoms with Crippen LogP contribution in [0.3, 0.4) is 0 Å². The van der Waals surface area contributed by atoms with Gasteiger partial charge in [0.1, 0.15) is 11.9 Å². The number of methoxy groups -OCH3 is 1. The first kappa shape index (κ1) is 18.2. The number of esters is 1. The molecule has 130 valence electrons. The van der Waals surface area contributed by atoms with Crippen molar-refractivity contribution in [3.8, 4) is 0 Å². The Morgan fingerprint density at radius 1 is 1.50 bits per heavy atom. The summed E-state index contributed by atoms with van der Waals surface area (Å²) in [5.41, 5.74) is -0.0431. The van der Waals surface area contributed by atoms with Gasteiger partial charge in [-0.3, -0.25) is 19.3 Å². The van der Waals surface area contributed by atoms with E-state index in [0.29, 0.717) is 13.1 Å². The third-order valence-electron chi connectivity index (χ3n) is 3.58. The average Bonchev–Trinajstić information content (AvgIpc) is 2.54. The monoisotopic (exact) mass is 357 g/mol. The predicted molar refractivity (Wildman–Crippen MR) is 85.0 cm³/mol. The minimum Gasteiger partial charge on any atom is -0.469 e. The minimum atomic E-state index is -0.804. The highest BCUT2D eigenvalue weighted by Gasteiger charge is 2.33. The maximum Gasteiger partial charge on any atom is 0.307 e. The summed E-state index contributed by atoms with van der Waals surface area (Å²) in [5.74, 6) is -2.03. The fraction of sp³-hybridized carbons (Fsp3) is 0.400. The number of nitrogens with one attached hydrogen (secondary N) is 2. The number of amides is 2. The molecule has 1 aromatic rings. The molecule has 9 heteroatoms. The average molecular weight is 358 g/mol. The molecule has 2 amide bonds. The lowest BCUT2D eigenvalue weighted by atomic mass is 10.1. The van der Waals surface area contributed by atoms with Gasteiger partial charge >= 0.3 is 5.97 Å². The van der Waals surface area contributed by atoms with E-state index < -0.39 is 23.7 Å². The molecule has 1 heterocycles. The van der Waals surface area contributed by atoms with Crippen molar-refractivity contribution < 1.29 is 23.5 Å². The number of ether oxygens (including phenoxy) is 1. The van der Waals surface area contributed by atoms with Gasteiger partial charge in [0, 0.05) is 18.1 Å². The van der Waals surface area contributed by atoms with E-state index in [9.17, 15) is 18.8 Å². The molecule has 24 heavy (non-hydrogen) atoms. The summed E-state index contributed by atoms with van der Waals surface area (Å²) in [6.45, 7) is 0.579. The van der Waals surface area contributed by atoms with Gasteiger partial charge in [-0.15, -0.1) is 0 Å². The van der Waals surface area contributed by atoms with Crippen LogP contribution in [0.1, 0.15) is 6.42 Å². The number of hydrogen-bond acceptors (Lipinski definition) is 5. The van der Waals surface area contributed by atoms with Crippen molar-refractivity contribution >= 4 is 35.1 Å². The predicted octanol–water partition coefficient (Wildman–Crippen LogP) is 0.781. The molecular formula is C15H17ClFN3O4. The number of halogens is 2. The third kappa shape index (κ3) is 4.65. The van der Waals surface area contributed by atoms with Crippen molar-refractivity contribution in [2.45, 2.75) is 12.5 Å². The fourth-order valence-corrected chi connectivity index (χ4v) is 2.55. The Kier molecular flexibility index (Phi) is 6.10. The molecule has 0 unspecified atom stereocenters. The van der Waals surface area contributed by atoms with Crippen molar-refractivity contribution in [1.29, 1.82) is 0 Å². The number of piperazine rings is 1. The lowest BCUT2D eigenvalue weighted by molar-refractivity contribution is -0.146. The standard InChI is InChI=1S/C15H17ClFN3O4/c1-24-14(22)7-12-15(23)18-4-5-20(12)8-13(21)19-11-6-9(16)2-3-10(11)17/h2-3,6,12H,4-5,7-8H2,1H3,(H,18,23)(H,19,21)/t12-/m0/s1. The maximum atomic E-state index is 13.7. The van der Waals surface area contributed by atoms with Crippen molar-refractivity contribution in [2.24, 2.45) is 0 Å². The summed E-state index contributed by atoms with van der Waals surface area (Å²) < 4.78 is 18.2. The number of hydrogen-bond donors (Lipinski definition) is 2. The van der Waals surface area contributed by atoms with Crippen LogP contribution in [0, 0.1) is 5.82 Å². The van der Waals surface area contributed by atoms with Gasteiger partial charge in [-0.1, -0.05) is 11.6 Å². The largest absolute Gasteiger partial charge is 0.469 e. The maximum absolute atomic E-state index is 13.7. The molecule has 1 fully saturated rings. The Morgan fingerprint density at radius 3 is 2.96 bits per heavy atom. The van der Waals surface area contributed by atoms with Crippen molar-refractivity contribution in [3.05, 3.63) is 29.0 Å². The zero-order chi connectivity index (χ0) is 17.7. The summed E-state index contributed by atoms with van der Waals surface area (Å²) in [6.07, 6.45) is -0.166. The summed E-state index contributed by atoms with van der Waals surface area (Å²) in [4.78, 5) is 37.1. The lowest BCUT2D eigenvalue weighted by Crippen LogP contribution is -2.57. The summed E-state index contributed by atoms with van der Waals surface area (Å²) in [5, 5.41) is 5.33. The zero-order valence-electron chi connectivity index (χ0n) is 13.0. The Hall–Kier alpha value is -2.19. The van der Waals surface area contributed by atoms with Crippen LogP contribution in [-0.2, 0) is 19.1 Å². The van der Waals surface area contributed by atoms with E-state index in [1.807, 2.05) is 0 Å². The van der Waals surface area contributed by atoms with E-state index in [1.54, 1.807) is 4.90 Å². The van der Waals surface area contributed by atoms with E-state index in [4.69, 9.17) is 11.6 Å². The molecule has 7 nitrogen and oxygen atoms in total. The second-order valence-corrected chi connectivity index (χ2v) is 5.67. The molecule has 2 rings (SSSR count). The van der Waals surface area contributed by atoms with Gasteiger partial charge in [0.15, 0.2) is 0 Å². The normalized spacial score (nSPS) is 18.0. The molecule has 0 radical (unpaired) electrons. The first-order chi connectivity index (χ1) is 11.4. The minimum absolute atomic E-state index is 0.0431. The number of carbonyl (C=O) groups excluding carboxylic acids is 3. The number of benzene rings is 1. The molecule has 1 atom stereocenters. The van der Waals surface area contributed by atoms with E-state index in [0.717, 1.165) is 6.07 Å².